The summed E-state index contributed by atoms with van der Waals surface area (Å²) in [7, 11) is 0. The average Bonchev–Trinajstić information content (AvgIpc) is 3.31. The van der Waals surface area contributed by atoms with Crippen molar-refractivity contribution >= 4 is 0 Å². The van der Waals surface area contributed by atoms with E-state index in [9.17, 15) is 5.11 Å². The summed E-state index contributed by atoms with van der Waals surface area (Å²) in [6.07, 6.45) is 7.19. The number of unbranched alkanes of at least 4 members (excludes halogenated alkanes) is 1. The summed E-state index contributed by atoms with van der Waals surface area (Å²) >= 11 is 0. The molecule has 5 nitrogen and oxygen atoms in total. The molecular weight excluding hydrogens is 292 g/mol. The lowest BCUT2D eigenvalue weighted by atomic mass is 10.0. The van der Waals surface area contributed by atoms with Gasteiger partial charge in [0.1, 0.15) is 11.9 Å². The lowest BCUT2D eigenvalue weighted by molar-refractivity contribution is 0.178. The Morgan fingerprint density at radius 2 is 2.00 bits per heavy atom. The highest BCUT2D eigenvalue weighted by molar-refractivity contribution is 5.62. The van der Waals surface area contributed by atoms with E-state index in [1.54, 1.807) is 0 Å². The minimum atomic E-state index is -0.109. The molecule has 0 bridgehead atoms. The zero-order valence-corrected chi connectivity index (χ0v) is 13.5. The van der Waals surface area contributed by atoms with Crippen LogP contribution in [0.2, 0.25) is 0 Å². The molecule has 1 saturated heterocycles. The monoisotopic (exact) mass is 314 g/mol. The second-order valence-electron chi connectivity index (χ2n) is 5.74. The Morgan fingerprint density at radius 3 is 2.70 bits per heavy atom. The zero-order chi connectivity index (χ0) is 16.2. The van der Waals surface area contributed by atoms with Crippen molar-refractivity contribution in [2.24, 2.45) is 0 Å². The highest BCUT2D eigenvalue weighted by atomic mass is 16.8. The van der Waals surface area contributed by atoms with Crippen LogP contribution < -0.4 is 4.74 Å². The van der Waals surface area contributed by atoms with E-state index in [-0.39, 0.29) is 18.1 Å². The van der Waals surface area contributed by atoms with E-state index in [1.165, 1.54) is 25.2 Å². The Labute approximate surface area is 136 Å². The summed E-state index contributed by atoms with van der Waals surface area (Å²) in [6, 6.07) is 5.90. The van der Waals surface area contributed by atoms with Gasteiger partial charge in [-0.1, -0.05) is 26.7 Å². The normalized spacial score (nSPS) is 19.6. The predicted octanol–water partition coefficient (Wildman–Crippen LogP) is 3.71. The molecule has 5 heteroatoms. The Bertz CT molecular complexity index is 658. The summed E-state index contributed by atoms with van der Waals surface area (Å²) in [6.45, 7) is 4.26. The summed E-state index contributed by atoms with van der Waals surface area (Å²) < 4.78 is 11.4. The molecule has 3 rings (SSSR count). The Balaban J connectivity index is 1.71. The first-order chi connectivity index (χ1) is 11.2. The number of aromatic nitrogens is 2. The zero-order valence-electron chi connectivity index (χ0n) is 13.5. The third-order valence-corrected chi connectivity index (χ3v) is 3.97. The SMILES string of the molecule is CCCC[C@@H]1O[C@H]1Oc1ccc(-c2ncc(O)cn2)c(CC)c1. The lowest BCUT2D eigenvalue weighted by Gasteiger charge is -2.10. The topological polar surface area (TPSA) is 67.8 Å². The van der Waals surface area contributed by atoms with Crippen molar-refractivity contribution in [2.75, 3.05) is 0 Å². The number of epoxide rings is 1. The second-order valence-corrected chi connectivity index (χ2v) is 5.74. The van der Waals surface area contributed by atoms with Crippen LogP contribution in [-0.4, -0.2) is 27.5 Å². The van der Waals surface area contributed by atoms with E-state index in [4.69, 9.17) is 9.47 Å². The molecule has 2 aromatic rings. The summed E-state index contributed by atoms with van der Waals surface area (Å²) in [5, 5.41) is 9.31. The number of benzene rings is 1. The smallest absolute Gasteiger partial charge is 0.227 e. The fourth-order valence-electron chi connectivity index (χ4n) is 2.59. The first-order valence-corrected chi connectivity index (χ1v) is 8.17. The molecule has 0 aliphatic carbocycles. The van der Waals surface area contributed by atoms with Crippen molar-refractivity contribution in [3.05, 3.63) is 36.2 Å². The first-order valence-electron chi connectivity index (χ1n) is 8.17. The number of aromatic hydroxyl groups is 1. The maximum absolute atomic E-state index is 9.31. The van der Waals surface area contributed by atoms with Crippen LogP contribution in [0.25, 0.3) is 11.4 Å². The Morgan fingerprint density at radius 1 is 1.22 bits per heavy atom. The van der Waals surface area contributed by atoms with Crippen molar-refractivity contribution in [1.29, 1.82) is 0 Å². The van der Waals surface area contributed by atoms with E-state index in [1.807, 2.05) is 18.2 Å². The molecule has 2 atom stereocenters. The number of nitrogens with zero attached hydrogens (tertiary/aromatic N) is 2. The van der Waals surface area contributed by atoms with Crippen LogP contribution in [0.1, 0.15) is 38.7 Å². The third-order valence-electron chi connectivity index (χ3n) is 3.97. The van der Waals surface area contributed by atoms with Crippen molar-refractivity contribution in [3.63, 3.8) is 0 Å². The number of aryl methyl sites for hydroxylation is 1. The lowest BCUT2D eigenvalue weighted by Crippen LogP contribution is -2.04. The molecule has 1 N–H and O–H groups in total. The number of rotatable bonds is 7. The summed E-state index contributed by atoms with van der Waals surface area (Å²) in [4.78, 5) is 8.36. The van der Waals surface area contributed by atoms with Crippen LogP contribution in [0, 0.1) is 0 Å². The molecule has 122 valence electrons. The van der Waals surface area contributed by atoms with Gasteiger partial charge in [-0.05, 0) is 36.6 Å². The summed E-state index contributed by atoms with van der Waals surface area (Å²) in [5.41, 5.74) is 2.07. The molecular formula is C18H22N2O3. The van der Waals surface area contributed by atoms with Gasteiger partial charge in [0.15, 0.2) is 11.6 Å². The van der Waals surface area contributed by atoms with Crippen LogP contribution >= 0.6 is 0 Å². The van der Waals surface area contributed by atoms with Gasteiger partial charge >= 0.3 is 0 Å². The minimum absolute atomic E-state index is 0.0655. The van der Waals surface area contributed by atoms with Gasteiger partial charge in [0.25, 0.3) is 0 Å². The quantitative estimate of drug-likeness (QED) is 0.789. The molecule has 1 aromatic carbocycles. The molecule has 0 saturated carbocycles. The molecule has 1 fully saturated rings. The number of hydrogen-bond acceptors (Lipinski definition) is 5. The average molecular weight is 314 g/mol. The molecule has 0 radical (unpaired) electrons. The Hall–Kier alpha value is -2.14. The maximum Gasteiger partial charge on any atom is 0.227 e. The fraction of sp³-hybridized carbons (Fsp3) is 0.444. The molecule has 0 amide bonds. The molecule has 23 heavy (non-hydrogen) atoms. The Kier molecular flexibility index (Phi) is 4.76. The third kappa shape index (κ3) is 3.79. The van der Waals surface area contributed by atoms with Crippen molar-refractivity contribution < 1.29 is 14.6 Å². The molecule has 1 aromatic heterocycles. The maximum atomic E-state index is 9.31. The van der Waals surface area contributed by atoms with Gasteiger partial charge in [-0.2, -0.15) is 0 Å². The van der Waals surface area contributed by atoms with Crippen LogP contribution in [0.15, 0.2) is 30.6 Å². The van der Waals surface area contributed by atoms with Crippen LogP contribution in [-0.2, 0) is 11.2 Å². The highest BCUT2D eigenvalue weighted by Gasteiger charge is 2.40. The van der Waals surface area contributed by atoms with E-state index in [2.05, 4.69) is 23.8 Å². The second kappa shape index (κ2) is 6.96. The molecule has 1 aliphatic rings. The van der Waals surface area contributed by atoms with Crippen molar-refractivity contribution in [1.82, 2.24) is 9.97 Å². The van der Waals surface area contributed by atoms with Crippen LogP contribution in [0.5, 0.6) is 11.5 Å². The fourth-order valence-corrected chi connectivity index (χ4v) is 2.59. The molecule has 0 spiro atoms. The van der Waals surface area contributed by atoms with Gasteiger partial charge < -0.3 is 14.6 Å². The largest absolute Gasteiger partial charge is 0.505 e. The first kappa shape index (κ1) is 15.7. The summed E-state index contributed by atoms with van der Waals surface area (Å²) in [5.74, 6) is 1.49. The van der Waals surface area contributed by atoms with Crippen LogP contribution in [0.3, 0.4) is 0 Å². The van der Waals surface area contributed by atoms with Gasteiger partial charge in [0, 0.05) is 5.56 Å². The van der Waals surface area contributed by atoms with Gasteiger partial charge in [-0.25, -0.2) is 9.97 Å². The molecule has 1 aliphatic heterocycles. The standard InChI is InChI=1S/C18H22N2O3/c1-3-5-6-16-18(23-16)22-14-7-8-15(12(4-2)9-14)17-19-10-13(21)11-20-17/h7-11,16,18,21H,3-6H2,1-2H3/t16-,18+/m0/s1. The van der Waals surface area contributed by atoms with E-state index >= 15 is 0 Å². The van der Waals surface area contributed by atoms with Gasteiger partial charge in [0.2, 0.25) is 6.29 Å². The van der Waals surface area contributed by atoms with Gasteiger partial charge in [-0.15, -0.1) is 0 Å². The van der Waals surface area contributed by atoms with E-state index < -0.39 is 0 Å². The minimum Gasteiger partial charge on any atom is -0.505 e. The van der Waals surface area contributed by atoms with Crippen molar-refractivity contribution in [3.8, 4) is 22.9 Å². The van der Waals surface area contributed by atoms with E-state index in [0.717, 1.165) is 29.7 Å². The number of ether oxygens (including phenoxy) is 2. The van der Waals surface area contributed by atoms with Gasteiger partial charge in [0.05, 0.1) is 12.4 Å². The van der Waals surface area contributed by atoms with Gasteiger partial charge in [-0.3, -0.25) is 0 Å². The van der Waals surface area contributed by atoms with Crippen molar-refractivity contribution in [2.45, 2.75) is 51.9 Å². The molecule has 2 heterocycles. The predicted molar refractivity (Wildman–Crippen MR) is 87.3 cm³/mol. The van der Waals surface area contributed by atoms with E-state index in [0.29, 0.717) is 5.82 Å². The molecule has 0 unspecified atom stereocenters. The number of hydrogen-bond donors (Lipinski definition) is 1. The highest BCUT2D eigenvalue weighted by Crippen LogP contribution is 2.32. The van der Waals surface area contributed by atoms with Crippen LogP contribution in [0.4, 0.5) is 0 Å².